The van der Waals surface area contributed by atoms with Crippen molar-refractivity contribution in [3.63, 3.8) is 0 Å². The average Bonchev–Trinajstić information content (AvgIpc) is 2.74. The summed E-state index contributed by atoms with van der Waals surface area (Å²) < 4.78 is 0. The highest BCUT2D eigenvalue weighted by Gasteiger charge is 2.08. The standard InChI is InChI=1S/C8H8N4O/c13-7(6-1-2-11-12-6)5-8-9-3-4-10-8/h1-4H,5H2,(H,9,10)(H,11,12). The summed E-state index contributed by atoms with van der Waals surface area (Å²) in [7, 11) is 0. The summed E-state index contributed by atoms with van der Waals surface area (Å²) in [6.45, 7) is 0. The second-order valence-electron chi connectivity index (χ2n) is 2.61. The van der Waals surface area contributed by atoms with Gasteiger partial charge in [-0.2, -0.15) is 5.10 Å². The molecule has 0 amide bonds. The number of hydrogen-bond donors (Lipinski definition) is 2. The molecule has 5 nitrogen and oxygen atoms in total. The van der Waals surface area contributed by atoms with Gasteiger partial charge in [0, 0.05) is 18.6 Å². The molecule has 0 aliphatic carbocycles. The number of hydrogen-bond acceptors (Lipinski definition) is 3. The molecule has 0 saturated carbocycles. The molecule has 0 atom stereocenters. The molecule has 2 N–H and O–H groups in total. The minimum atomic E-state index is -0.0209. The molecule has 0 bridgehead atoms. The van der Waals surface area contributed by atoms with Crippen molar-refractivity contribution in [1.29, 1.82) is 0 Å². The molecule has 0 spiro atoms. The maximum absolute atomic E-state index is 11.4. The molecule has 0 aliphatic rings. The highest BCUT2D eigenvalue weighted by Crippen LogP contribution is 1.99. The Labute approximate surface area is 74.2 Å². The second kappa shape index (κ2) is 3.22. The molecule has 0 radical (unpaired) electrons. The Balaban J connectivity index is 2.08. The van der Waals surface area contributed by atoms with Crippen LogP contribution in [0.5, 0.6) is 0 Å². The number of H-pyrrole nitrogens is 2. The first-order valence-electron chi connectivity index (χ1n) is 3.87. The van der Waals surface area contributed by atoms with Crippen LogP contribution in [0.15, 0.2) is 24.7 Å². The summed E-state index contributed by atoms with van der Waals surface area (Å²) in [6, 6.07) is 1.64. The van der Waals surface area contributed by atoms with Crippen molar-refractivity contribution in [3.8, 4) is 0 Å². The molecule has 13 heavy (non-hydrogen) atoms. The van der Waals surface area contributed by atoms with E-state index in [4.69, 9.17) is 0 Å². The number of aromatic nitrogens is 4. The minimum Gasteiger partial charge on any atom is -0.348 e. The van der Waals surface area contributed by atoms with Crippen LogP contribution in [0.25, 0.3) is 0 Å². The van der Waals surface area contributed by atoms with Crippen LogP contribution in [0.1, 0.15) is 16.3 Å². The Morgan fingerprint density at radius 2 is 2.38 bits per heavy atom. The van der Waals surface area contributed by atoms with Crippen LogP contribution in [0.3, 0.4) is 0 Å². The third-order valence-electron chi connectivity index (χ3n) is 1.68. The van der Waals surface area contributed by atoms with Crippen molar-refractivity contribution in [2.24, 2.45) is 0 Å². The number of imidazole rings is 1. The minimum absolute atomic E-state index is 0.0209. The molecule has 2 rings (SSSR count). The van der Waals surface area contributed by atoms with Crippen molar-refractivity contribution in [1.82, 2.24) is 20.2 Å². The number of ketones is 1. The van der Waals surface area contributed by atoms with E-state index in [9.17, 15) is 4.79 Å². The topological polar surface area (TPSA) is 74.4 Å². The van der Waals surface area contributed by atoms with Gasteiger partial charge < -0.3 is 4.98 Å². The van der Waals surface area contributed by atoms with Crippen molar-refractivity contribution in [2.75, 3.05) is 0 Å². The Kier molecular flexibility index (Phi) is 1.91. The fourth-order valence-electron chi connectivity index (χ4n) is 1.05. The molecule has 5 heteroatoms. The lowest BCUT2D eigenvalue weighted by Crippen LogP contribution is -2.05. The van der Waals surface area contributed by atoms with E-state index in [1.807, 2.05) is 0 Å². The molecular weight excluding hydrogens is 168 g/mol. The second-order valence-corrected chi connectivity index (χ2v) is 2.61. The number of nitrogens with zero attached hydrogens (tertiary/aromatic N) is 2. The van der Waals surface area contributed by atoms with Gasteiger partial charge in [0.25, 0.3) is 0 Å². The van der Waals surface area contributed by atoms with E-state index in [0.29, 0.717) is 11.5 Å². The quantitative estimate of drug-likeness (QED) is 0.671. The lowest BCUT2D eigenvalue weighted by molar-refractivity contribution is 0.0986. The molecule has 0 aromatic carbocycles. The first kappa shape index (κ1) is 7.72. The van der Waals surface area contributed by atoms with E-state index in [2.05, 4.69) is 20.2 Å². The first-order valence-corrected chi connectivity index (χ1v) is 3.87. The average molecular weight is 176 g/mol. The number of carbonyl (C=O) groups excluding carboxylic acids is 1. The fourth-order valence-corrected chi connectivity index (χ4v) is 1.05. The van der Waals surface area contributed by atoms with Crippen LogP contribution < -0.4 is 0 Å². The Hall–Kier alpha value is -1.91. The highest BCUT2D eigenvalue weighted by molar-refractivity contribution is 5.95. The molecule has 2 aromatic heterocycles. The monoisotopic (exact) mass is 176 g/mol. The van der Waals surface area contributed by atoms with Gasteiger partial charge in [-0.05, 0) is 6.07 Å². The number of carbonyl (C=O) groups is 1. The molecule has 66 valence electrons. The molecule has 2 aromatic rings. The number of nitrogens with one attached hydrogen (secondary N) is 2. The van der Waals surface area contributed by atoms with Gasteiger partial charge in [-0.25, -0.2) is 4.98 Å². The summed E-state index contributed by atoms with van der Waals surface area (Å²) in [5.41, 5.74) is 0.511. The Morgan fingerprint density at radius 3 is 3.00 bits per heavy atom. The van der Waals surface area contributed by atoms with Crippen molar-refractivity contribution >= 4 is 5.78 Å². The van der Waals surface area contributed by atoms with Crippen molar-refractivity contribution in [3.05, 3.63) is 36.2 Å². The van der Waals surface area contributed by atoms with Gasteiger partial charge in [-0.3, -0.25) is 9.89 Å². The summed E-state index contributed by atoms with van der Waals surface area (Å²) in [5, 5.41) is 6.30. The van der Waals surface area contributed by atoms with Crippen LogP contribution in [-0.2, 0) is 6.42 Å². The number of Topliss-reactive ketones (excluding diaryl/α,β-unsaturated/α-hetero) is 1. The summed E-state index contributed by atoms with van der Waals surface area (Å²) >= 11 is 0. The summed E-state index contributed by atoms with van der Waals surface area (Å²) in [4.78, 5) is 18.3. The lowest BCUT2D eigenvalue weighted by Gasteiger charge is -1.93. The van der Waals surface area contributed by atoms with Gasteiger partial charge in [-0.1, -0.05) is 0 Å². The van der Waals surface area contributed by atoms with Gasteiger partial charge in [-0.15, -0.1) is 0 Å². The number of aromatic amines is 2. The zero-order valence-electron chi connectivity index (χ0n) is 6.82. The van der Waals surface area contributed by atoms with Gasteiger partial charge in [0.05, 0.1) is 6.42 Å². The van der Waals surface area contributed by atoms with Crippen molar-refractivity contribution in [2.45, 2.75) is 6.42 Å². The van der Waals surface area contributed by atoms with Gasteiger partial charge in [0.1, 0.15) is 11.5 Å². The van der Waals surface area contributed by atoms with Crippen LogP contribution in [-0.4, -0.2) is 25.9 Å². The van der Waals surface area contributed by atoms with E-state index >= 15 is 0 Å². The van der Waals surface area contributed by atoms with Crippen LogP contribution in [0.2, 0.25) is 0 Å². The summed E-state index contributed by atoms with van der Waals surface area (Å²) in [6.07, 6.45) is 5.13. The maximum Gasteiger partial charge on any atom is 0.188 e. The maximum atomic E-state index is 11.4. The van der Waals surface area contributed by atoms with E-state index in [1.165, 1.54) is 0 Å². The van der Waals surface area contributed by atoms with E-state index < -0.39 is 0 Å². The van der Waals surface area contributed by atoms with Crippen molar-refractivity contribution < 1.29 is 4.79 Å². The molecule has 0 aliphatic heterocycles. The predicted octanol–water partition coefficient (Wildman–Crippen LogP) is 0.558. The van der Waals surface area contributed by atoms with E-state index in [0.717, 1.165) is 0 Å². The largest absolute Gasteiger partial charge is 0.348 e. The molecular formula is C8H8N4O. The zero-order chi connectivity index (χ0) is 9.10. The van der Waals surface area contributed by atoms with Crippen LogP contribution in [0, 0.1) is 0 Å². The third-order valence-corrected chi connectivity index (χ3v) is 1.68. The van der Waals surface area contributed by atoms with E-state index in [1.54, 1.807) is 24.7 Å². The predicted molar refractivity (Wildman–Crippen MR) is 45.2 cm³/mol. The Bertz CT molecular complexity index is 376. The van der Waals surface area contributed by atoms with Gasteiger partial charge >= 0.3 is 0 Å². The van der Waals surface area contributed by atoms with E-state index in [-0.39, 0.29) is 12.2 Å². The zero-order valence-corrected chi connectivity index (χ0v) is 6.82. The molecule has 2 heterocycles. The first-order chi connectivity index (χ1) is 6.36. The smallest absolute Gasteiger partial charge is 0.188 e. The van der Waals surface area contributed by atoms with Crippen LogP contribution >= 0.6 is 0 Å². The highest BCUT2D eigenvalue weighted by atomic mass is 16.1. The van der Waals surface area contributed by atoms with Gasteiger partial charge in [0.2, 0.25) is 0 Å². The number of rotatable bonds is 3. The SMILES string of the molecule is O=C(Cc1ncc[nH]1)c1ccn[nH]1. The fraction of sp³-hybridized carbons (Fsp3) is 0.125. The van der Waals surface area contributed by atoms with Gasteiger partial charge in [0.15, 0.2) is 5.78 Å². The lowest BCUT2D eigenvalue weighted by atomic mass is 10.2. The normalized spacial score (nSPS) is 10.2. The summed E-state index contributed by atoms with van der Waals surface area (Å²) in [5.74, 6) is 0.645. The van der Waals surface area contributed by atoms with Crippen LogP contribution in [0.4, 0.5) is 0 Å². The molecule has 0 fully saturated rings. The Morgan fingerprint density at radius 1 is 1.46 bits per heavy atom. The third kappa shape index (κ3) is 1.64. The molecule has 0 unspecified atom stereocenters. The molecule has 0 saturated heterocycles.